The fourth-order valence-electron chi connectivity index (χ4n) is 2.14. The second kappa shape index (κ2) is 6.43. The zero-order chi connectivity index (χ0) is 13.7. The van der Waals surface area contributed by atoms with Crippen molar-refractivity contribution >= 4 is 11.6 Å². The van der Waals surface area contributed by atoms with E-state index in [1.54, 1.807) is 24.3 Å². The molecule has 0 saturated carbocycles. The molecule has 2 atom stereocenters. The van der Waals surface area contributed by atoms with Crippen molar-refractivity contribution in [3.63, 3.8) is 0 Å². The molecule has 1 heterocycles. The summed E-state index contributed by atoms with van der Waals surface area (Å²) in [5.41, 5.74) is 6.25. The summed E-state index contributed by atoms with van der Waals surface area (Å²) in [5, 5.41) is 2.89. The topological polar surface area (TPSA) is 73.6 Å². The van der Waals surface area contributed by atoms with Gasteiger partial charge in [-0.1, -0.05) is 6.07 Å². The lowest BCUT2D eigenvalue weighted by Gasteiger charge is -2.20. The van der Waals surface area contributed by atoms with Crippen molar-refractivity contribution in [1.82, 2.24) is 5.32 Å². The van der Waals surface area contributed by atoms with Gasteiger partial charge in [0.2, 0.25) is 0 Å². The van der Waals surface area contributed by atoms with Gasteiger partial charge < -0.3 is 20.5 Å². The summed E-state index contributed by atoms with van der Waals surface area (Å²) in [4.78, 5) is 11.7. The highest BCUT2D eigenvalue weighted by atomic mass is 16.5. The van der Waals surface area contributed by atoms with Crippen molar-refractivity contribution in [3.05, 3.63) is 24.3 Å². The van der Waals surface area contributed by atoms with Crippen LogP contribution in [0.25, 0.3) is 0 Å². The molecule has 1 aliphatic rings. The minimum atomic E-state index is -0.148. The minimum Gasteiger partial charge on any atom is -0.484 e. The Hall–Kier alpha value is -1.75. The first-order valence-electron chi connectivity index (χ1n) is 6.54. The normalized spacial score (nSPS) is 19.9. The summed E-state index contributed by atoms with van der Waals surface area (Å²) in [7, 11) is 0. The molecule has 1 aromatic carbocycles. The molecule has 0 radical (unpaired) electrons. The Morgan fingerprint density at radius 2 is 2.47 bits per heavy atom. The van der Waals surface area contributed by atoms with Crippen LogP contribution in [0.5, 0.6) is 5.75 Å². The highest BCUT2D eigenvalue weighted by Crippen LogP contribution is 2.16. The molecule has 19 heavy (non-hydrogen) atoms. The van der Waals surface area contributed by atoms with E-state index in [2.05, 4.69) is 5.32 Å². The van der Waals surface area contributed by atoms with E-state index in [9.17, 15) is 4.79 Å². The summed E-state index contributed by atoms with van der Waals surface area (Å²) >= 11 is 0. The maximum absolute atomic E-state index is 11.7. The minimum absolute atomic E-state index is 0.0134. The molecule has 2 unspecified atom stereocenters. The van der Waals surface area contributed by atoms with Crippen LogP contribution in [0.3, 0.4) is 0 Å². The van der Waals surface area contributed by atoms with Gasteiger partial charge in [-0.2, -0.15) is 0 Å². The van der Waals surface area contributed by atoms with E-state index in [1.807, 2.05) is 6.92 Å². The van der Waals surface area contributed by atoms with Crippen molar-refractivity contribution in [3.8, 4) is 5.75 Å². The summed E-state index contributed by atoms with van der Waals surface area (Å²) in [6.45, 7) is 2.72. The van der Waals surface area contributed by atoms with E-state index >= 15 is 0 Å². The number of anilines is 1. The number of ether oxygens (including phenoxy) is 2. The van der Waals surface area contributed by atoms with Crippen molar-refractivity contribution in [1.29, 1.82) is 0 Å². The molecule has 1 aromatic rings. The number of amides is 1. The lowest BCUT2D eigenvalue weighted by atomic mass is 10.1. The van der Waals surface area contributed by atoms with E-state index in [-0.39, 0.29) is 24.7 Å². The Morgan fingerprint density at radius 1 is 1.63 bits per heavy atom. The third-order valence-electron chi connectivity index (χ3n) is 3.14. The lowest BCUT2D eigenvalue weighted by molar-refractivity contribution is -0.124. The summed E-state index contributed by atoms with van der Waals surface area (Å²) in [5.74, 6) is 0.449. The van der Waals surface area contributed by atoms with Crippen LogP contribution in [0.4, 0.5) is 5.69 Å². The van der Waals surface area contributed by atoms with E-state index in [1.165, 1.54) is 0 Å². The van der Waals surface area contributed by atoms with Gasteiger partial charge in [0.15, 0.2) is 6.61 Å². The molecule has 3 N–H and O–H groups in total. The molecule has 1 fully saturated rings. The van der Waals surface area contributed by atoms with Crippen LogP contribution in [0.2, 0.25) is 0 Å². The van der Waals surface area contributed by atoms with Crippen LogP contribution < -0.4 is 15.8 Å². The van der Waals surface area contributed by atoms with Gasteiger partial charge in [-0.3, -0.25) is 4.79 Å². The van der Waals surface area contributed by atoms with Crippen LogP contribution in [0.1, 0.15) is 19.8 Å². The molecule has 1 aliphatic heterocycles. The number of carbonyl (C=O) groups is 1. The number of rotatable bonds is 5. The predicted octanol–water partition coefficient (Wildman–Crippen LogP) is 1.33. The van der Waals surface area contributed by atoms with Crippen molar-refractivity contribution < 1.29 is 14.3 Å². The van der Waals surface area contributed by atoms with Gasteiger partial charge in [0.1, 0.15) is 5.75 Å². The van der Waals surface area contributed by atoms with E-state index in [0.29, 0.717) is 11.4 Å². The van der Waals surface area contributed by atoms with Gasteiger partial charge in [0, 0.05) is 18.4 Å². The van der Waals surface area contributed by atoms with Gasteiger partial charge in [-0.15, -0.1) is 0 Å². The number of nitrogens with two attached hydrogens (primary N) is 1. The Balaban J connectivity index is 1.75. The number of nitrogens with one attached hydrogen (secondary N) is 1. The summed E-state index contributed by atoms with van der Waals surface area (Å²) in [6, 6.07) is 7.04. The van der Waals surface area contributed by atoms with Gasteiger partial charge in [0.05, 0.1) is 12.1 Å². The molecule has 0 aromatic heterocycles. The second-order valence-electron chi connectivity index (χ2n) is 4.77. The second-order valence-corrected chi connectivity index (χ2v) is 4.77. The highest BCUT2D eigenvalue weighted by Gasteiger charge is 2.23. The molecule has 0 spiro atoms. The summed E-state index contributed by atoms with van der Waals surface area (Å²) < 4.78 is 10.9. The zero-order valence-electron chi connectivity index (χ0n) is 11.1. The number of hydrogen-bond acceptors (Lipinski definition) is 4. The fraction of sp³-hybridized carbons (Fsp3) is 0.500. The molecular formula is C14H20N2O3. The first-order chi connectivity index (χ1) is 9.15. The summed E-state index contributed by atoms with van der Waals surface area (Å²) in [6.07, 6.45) is 2.18. The Kier molecular flexibility index (Phi) is 4.63. The van der Waals surface area contributed by atoms with Gasteiger partial charge in [-0.05, 0) is 31.9 Å². The molecule has 0 aliphatic carbocycles. The average molecular weight is 264 g/mol. The molecule has 5 heteroatoms. The number of benzene rings is 1. The Labute approximate surface area is 113 Å². The Bertz CT molecular complexity index is 430. The highest BCUT2D eigenvalue weighted by molar-refractivity contribution is 5.77. The first-order valence-corrected chi connectivity index (χ1v) is 6.54. The van der Waals surface area contributed by atoms with Crippen LogP contribution in [-0.4, -0.2) is 31.3 Å². The molecule has 104 valence electrons. The molecule has 2 rings (SSSR count). The van der Waals surface area contributed by atoms with Crippen molar-refractivity contribution in [2.75, 3.05) is 18.9 Å². The van der Waals surface area contributed by atoms with Crippen LogP contribution in [0, 0.1) is 0 Å². The molecule has 1 amide bonds. The fourth-order valence-corrected chi connectivity index (χ4v) is 2.14. The molecule has 0 bridgehead atoms. The van der Waals surface area contributed by atoms with Crippen molar-refractivity contribution in [2.45, 2.75) is 31.9 Å². The third-order valence-corrected chi connectivity index (χ3v) is 3.14. The number of carbonyl (C=O) groups excluding carboxylic acids is 1. The standard InChI is InChI=1S/C14H20N2O3/c1-10(13-6-3-7-18-13)16-14(17)9-19-12-5-2-4-11(15)8-12/h2,4-5,8,10,13H,3,6-7,9,15H2,1H3,(H,16,17). The third kappa shape index (κ3) is 4.13. The van der Waals surface area contributed by atoms with Gasteiger partial charge in [0.25, 0.3) is 5.91 Å². The van der Waals surface area contributed by atoms with Crippen LogP contribution in [-0.2, 0) is 9.53 Å². The number of nitrogen functional groups attached to an aromatic ring is 1. The van der Waals surface area contributed by atoms with Crippen LogP contribution in [0.15, 0.2) is 24.3 Å². The van der Waals surface area contributed by atoms with Crippen LogP contribution >= 0.6 is 0 Å². The molecule has 1 saturated heterocycles. The Morgan fingerprint density at radius 3 is 3.16 bits per heavy atom. The monoisotopic (exact) mass is 264 g/mol. The largest absolute Gasteiger partial charge is 0.484 e. The SMILES string of the molecule is CC(NC(=O)COc1cccc(N)c1)C1CCCO1. The zero-order valence-corrected chi connectivity index (χ0v) is 11.1. The quantitative estimate of drug-likeness (QED) is 0.787. The van der Waals surface area contributed by atoms with E-state index < -0.39 is 0 Å². The van der Waals surface area contributed by atoms with Gasteiger partial charge >= 0.3 is 0 Å². The van der Waals surface area contributed by atoms with E-state index in [4.69, 9.17) is 15.2 Å². The maximum Gasteiger partial charge on any atom is 0.258 e. The first kappa shape index (κ1) is 13.7. The average Bonchev–Trinajstić information content (AvgIpc) is 2.90. The molecular weight excluding hydrogens is 244 g/mol. The smallest absolute Gasteiger partial charge is 0.258 e. The van der Waals surface area contributed by atoms with E-state index in [0.717, 1.165) is 19.4 Å². The molecule has 5 nitrogen and oxygen atoms in total. The van der Waals surface area contributed by atoms with Gasteiger partial charge in [-0.25, -0.2) is 0 Å². The number of hydrogen-bond donors (Lipinski definition) is 2. The lowest BCUT2D eigenvalue weighted by Crippen LogP contribution is -2.42. The van der Waals surface area contributed by atoms with Crippen molar-refractivity contribution in [2.24, 2.45) is 0 Å². The maximum atomic E-state index is 11.7. The predicted molar refractivity (Wildman–Crippen MR) is 72.9 cm³/mol.